The summed E-state index contributed by atoms with van der Waals surface area (Å²) in [6.45, 7) is 3.01. The fourth-order valence-electron chi connectivity index (χ4n) is 2.22. The Balaban J connectivity index is 1.73. The summed E-state index contributed by atoms with van der Waals surface area (Å²) in [4.78, 5) is 21.5. The molecule has 0 amide bonds. The van der Waals surface area contributed by atoms with E-state index in [-0.39, 0.29) is 5.56 Å². The maximum Gasteiger partial charge on any atom is 0.335 e. The molecule has 0 atom stereocenters. The topological polar surface area (TPSA) is 87.6 Å². The van der Waals surface area contributed by atoms with Crippen molar-refractivity contribution in [3.8, 4) is 0 Å². The van der Waals surface area contributed by atoms with Crippen LogP contribution in [0.1, 0.15) is 10.4 Å². The number of anilines is 3. The van der Waals surface area contributed by atoms with Gasteiger partial charge in [-0.2, -0.15) is 0 Å². The van der Waals surface area contributed by atoms with Crippen molar-refractivity contribution in [1.82, 2.24) is 9.97 Å². The highest BCUT2D eigenvalue weighted by Crippen LogP contribution is 2.19. The van der Waals surface area contributed by atoms with Crippen LogP contribution in [0.3, 0.4) is 0 Å². The summed E-state index contributed by atoms with van der Waals surface area (Å²) in [5.74, 6) is 0.575. The number of carbonyl (C=O) groups is 1. The van der Waals surface area contributed by atoms with Gasteiger partial charge in [-0.3, -0.25) is 0 Å². The van der Waals surface area contributed by atoms with Crippen molar-refractivity contribution < 1.29 is 14.6 Å². The Labute approximate surface area is 127 Å². The largest absolute Gasteiger partial charge is 0.478 e. The first-order chi connectivity index (χ1) is 10.7. The van der Waals surface area contributed by atoms with Gasteiger partial charge in [-0.1, -0.05) is 0 Å². The van der Waals surface area contributed by atoms with Gasteiger partial charge in [0.2, 0.25) is 0 Å². The van der Waals surface area contributed by atoms with E-state index in [2.05, 4.69) is 20.2 Å². The van der Waals surface area contributed by atoms with E-state index >= 15 is 0 Å². The standard InChI is InChI=1S/C15H16N4O3/c20-15(21)11-1-3-12(4-2-11)18-13-9-14(17-10-16-13)19-5-7-22-8-6-19/h1-4,9-10H,5-8H2,(H,20,21)(H,16,17,18). The highest BCUT2D eigenvalue weighted by molar-refractivity contribution is 5.88. The highest BCUT2D eigenvalue weighted by Gasteiger charge is 2.13. The Bertz CT molecular complexity index is 654. The van der Waals surface area contributed by atoms with Gasteiger partial charge >= 0.3 is 5.97 Å². The first-order valence-corrected chi connectivity index (χ1v) is 6.97. The molecule has 0 radical (unpaired) electrons. The predicted octanol–water partition coefficient (Wildman–Crippen LogP) is 1.76. The minimum atomic E-state index is -0.941. The van der Waals surface area contributed by atoms with Crippen LogP contribution in [-0.2, 0) is 4.74 Å². The van der Waals surface area contributed by atoms with Crippen molar-refractivity contribution in [2.24, 2.45) is 0 Å². The zero-order valence-electron chi connectivity index (χ0n) is 11.9. The number of hydrogen-bond donors (Lipinski definition) is 2. The molecule has 1 fully saturated rings. The Morgan fingerprint density at radius 2 is 1.91 bits per heavy atom. The van der Waals surface area contributed by atoms with E-state index in [1.807, 2.05) is 6.07 Å². The second kappa shape index (κ2) is 6.40. The van der Waals surface area contributed by atoms with E-state index in [1.54, 1.807) is 24.3 Å². The smallest absolute Gasteiger partial charge is 0.335 e. The van der Waals surface area contributed by atoms with Crippen LogP contribution in [-0.4, -0.2) is 47.3 Å². The molecule has 0 aliphatic carbocycles. The van der Waals surface area contributed by atoms with Crippen molar-refractivity contribution >= 4 is 23.3 Å². The number of ether oxygens (including phenoxy) is 1. The van der Waals surface area contributed by atoms with Crippen LogP contribution in [0, 0.1) is 0 Å². The van der Waals surface area contributed by atoms with Crippen LogP contribution in [0.2, 0.25) is 0 Å². The molecule has 1 aliphatic rings. The highest BCUT2D eigenvalue weighted by atomic mass is 16.5. The predicted molar refractivity (Wildman–Crippen MR) is 81.7 cm³/mol. The maximum atomic E-state index is 10.8. The zero-order valence-corrected chi connectivity index (χ0v) is 11.9. The van der Waals surface area contributed by atoms with Gasteiger partial charge in [-0.05, 0) is 24.3 Å². The quantitative estimate of drug-likeness (QED) is 0.889. The zero-order chi connectivity index (χ0) is 15.4. The first-order valence-electron chi connectivity index (χ1n) is 6.97. The molecule has 114 valence electrons. The van der Waals surface area contributed by atoms with Gasteiger partial charge in [-0.15, -0.1) is 0 Å². The number of aromatic carboxylic acids is 1. The van der Waals surface area contributed by atoms with Crippen molar-refractivity contribution in [2.45, 2.75) is 0 Å². The van der Waals surface area contributed by atoms with Gasteiger partial charge in [0.25, 0.3) is 0 Å². The molecule has 0 bridgehead atoms. The van der Waals surface area contributed by atoms with Crippen LogP contribution in [0.5, 0.6) is 0 Å². The van der Waals surface area contributed by atoms with Crippen LogP contribution < -0.4 is 10.2 Å². The number of morpholine rings is 1. The normalized spacial score (nSPS) is 14.6. The summed E-state index contributed by atoms with van der Waals surface area (Å²) >= 11 is 0. The summed E-state index contributed by atoms with van der Waals surface area (Å²) in [6, 6.07) is 8.39. The molecule has 2 heterocycles. The number of nitrogens with zero attached hydrogens (tertiary/aromatic N) is 3. The molecule has 22 heavy (non-hydrogen) atoms. The maximum absolute atomic E-state index is 10.8. The van der Waals surface area contributed by atoms with Gasteiger partial charge in [0, 0.05) is 24.8 Å². The Morgan fingerprint density at radius 1 is 1.18 bits per heavy atom. The van der Waals surface area contributed by atoms with Crippen molar-refractivity contribution in [3.05, 3.63) is 42.2 Å². The fraction of sp³-hybridized carbons (Fsp3) is 0.267. The van der Waals surface area contributed by atoms with Gasteiger partial charge < -0.3 is 20.1 Å². The average Bonchev–Trinajstić information content (AvgIpc) is 2.56. The lowest BCUT2D eigenvalue weighted by atomic mass is 10.2. The van der Waals surface area contributed by atoms with Crippen LogP contribution in [0.25, 0.3) is 0 Å². The third-order valence-corrected chi connectivity index (χ3v) is 3.39. The van der Waals surface area contributed by atoms with Crippen LogP contribution in [0.4, 0.5) is 17.3 Å². The van der Waals surface area contributed by atoms with Gasteiger partial charge in [0.1, 0.15) is 18.0 Å². The molecule has 1 aromatic carbocycles. The van der Waals surface area contributed by atoms with E-state index in [1.165, 1.54) is 6.33 Å². The summed E-state index contributed by atoms with van der Waals surface area (Å²) in [5.41, 5.74) is 1.03. The number of carboxylic acids is 1. The van der Waals surface area contributed by atoms with Gasteiger partial charge in [0.05, 0.1) is 18.8 Å². The SMILES string of the molecule is O=C(O)c1ccc(Nc2cc(N3CCOCC3)ncn2)cc1. The summed E-state index contributed by atoms with van der Waals surface area (Å²) in [6.07, 6.45) is 1.51. The average molecular weight is 300 g/mol. The molecule has 1 saturated heterocycles. The van der Waals surface area contributed by atoms with E-state index in [4.69, 9.17) is 9.84 Å². The van der Waals surface area contributed by atoms with Gasteiger partial charge in [-0.25, -0.2) is 14.8 Å². The monoisotopic (exact) mass is 300 g/mol. The van der Waals surface area contributed by atoms with E-state index < -0.39 is 5.97 Å². The molecule has 0 unspecified atom stereocenters. The molecule has 7 heteroatoms. The summed E-state index contributed by atoms with van der Waals surface area (Å²) in [7, 11) is 0. The molecule has 3 rings (SSSR count). The summed E-state index contributed by atoms with van der Waals surface area (Å²) < 4.78 is 5.33. The molecular formula is C15H16N4O3. The second-order valence-corrected chi connectivity index (χ2v) is 4.87. The number of nitrogens with one attached hydrogen (secondary N) is 1. The van der Waals surface area contributed by atoms with E-state index in [0.717, 1.165) is 24.6 Å². The Hall–Kier alpha value is -2.67. The van der Waals surface area contributed by atoms with Crippen molar-refractivity contribution in [2.75, 3.05) is 36.5 Å². The lowest BCUT2D eigenvalue weighted by Crippen LogP contribution is -2.36. The molecule has 0 saturated carbocycles. The number of carboxylic acid groups (broad SMARTS) is 1. The number of hydrogen-bond acceptors (Lipinski definition) is 6. The number of benzene rings is 1. The molecule has 1 aromatic heterocycles. The first kappa shape index (κ1) is 14.3. The summed E-state index contributed by atoms with van der Waals surface area (Å²) in [5, 5.41) is 12.0. The minimum absolute atomic E-state index is 0.252. The number of aromatic nitrogens is 2. The lowest BCUT2D eigenvalue weighted by Gasteiger charge is -2.27. The minimum Gasteiger partial charge on any atom is -0.478 e. The molecule has 2 aromatic rings. The second-order valence-electron chi connectivity index (χ2n) is 4.87. The third-order valence-electron chi connectivity index (χ3n) is 3.39. The van der Waals surface area contributed by atoms with Crippen molar-refractivity contribution in [3.63, 3.8) is 0 Å². The molecular weight excluding hydrogens is 284 g/mol. The lowest BCUT2D eigenvalue weighted by molar-refractivity contribution is 0.0697. The fourth-order valence-corrected chi connectivity index (χ4v) is 2.22. The molecule has 1 aliphatic heterocycles. The van der Waals surface area contributed by atoms with Crippen LogP contribution in [0.15, 0.2) is 36.7 Å². The van der Waals surface area contributed by atoms with E-state index in [0.29, 0.717) is 19.0 Å². The Morgan fingerprint density at radius 3 is 2.59 bits per heavy atom. The Kier molecular flexibility index (Phi) is 4.15. The molecule has 7 nitrogen and oxygen atoms in total. The number of rotatable bonds is 4. The van der Waals surface area contributed by atoms with Crippen molar-refractivity contribution in [1.29, 1.82) is 0 Å². The molecule has 0 spiro atoms. The van der Waals surface area contributed by atoms with E-state index in [9.17, 15) is 4.79 Å². The van der Waals surface area contributed by atoms with Gasteiger partial charge in [0.15, 0.2) is 0 Å². The molecule has 2 N–H and O–H groups in total. The van der Waals surface area contributed by atoms with Crippen LogP contribution >= 0.6 is 0 Å². The third kappa shape index (κ3) is 3.32.